The van der Waals surface area contributed by atoms with Gasteiger partial charge in [-0.3, -0.25) is 9.59 Å². The third kappa shape index (κ3) is 2.66. The molecule has 0 aliphatic carbocycles. The van der Waals surface area contributed by atoms with Gasteiger partial charge in [0.2, 0.25) is 0 Å². The number of H-pyrrole nitrogens is 1. The van der Waals surface area contributed by atoms with E-state index >= 15 is 0 Å². The van der Waals surface area contributed by atoms with Crippen LogP contribution in [0.4, 0.5) is 0 Å². The number of rotatable bonds is 3. The fraction of sp³-hybridized carbons (Fsp3) is 0.375. The van der Waals surface area contributed by atoms with Gasteiger partial charge in [-0.15, -0.1) is 0 Å². The summed E-state index contributed by atoms with van der Waals surface area (Å²) in [5.74, 6) is -1.17. The maximum atomic E-state index is 11.2. The lowest BCUT2D eigenvalue weighted by Gasteiger charge is -1.99. The van der Waals surface area contributed by atoms with Gasteiger partial charge in [-0.2, -0.15) is 0 Å². The second-order valence-corrected chi connectivity index (χ2v) is 3.55. The van der Waals surface area contributed by atoms with Crippen molar-refractivity contribution in [3.8, 4) is 0 Å². The van der Waals surface area contributed by atoms with Crippen LogP contribution in [0, 0.1) is 0 Å². The summed E-state index contributed by atoms with van der Waals surface area (Å²) in [7, 11) is 2.43. The highest BCUT2D eigenvalue weighted by molar-refractivity contribution is 7.11. The highest BCUT2D eigenvalue weighted by atomic mass is 32.1. The normalized spacial score (nSPS) is 9.73. The van der Waals surface area contributed by atoms with Gasteiger partial charge >= 0.3 is 16.8 Å². The molecule has 0 aromatic carbocycles. The Hall–Kier alpha value is -1.63. The molecule has 1 heterocycles. The van der Waals surface area contributed by atoms with Crippen LogP contribution in [0.2, 0.25) is 0 Å². The lowest BCUT2D eigenvalue weighted by atomic mass is 10.3. The van der Waals surface area contributed by atoms with Gasteiger partial charge in [-0.25, -0.2) is 4.79 Å². The van der Waals surface area contributed by atoms with Crippen LogP contribution in [0.5, 0.6) is 0 Å². The molecule has 1 rings (SSSR count). The van der Waals surface area contributed by atoms with E-state index in [9.17, 15) is 14.4 Å². The highest BCUT2D eigenvalue weighted by Gasteiger charge is 2.18. The first-order valence-electron chi connectivity index (χ1n) is 3.95. The quantitative estimate of drug-likeness (QED) is 0.736. The number of methoxy groups -OCH3 is 2. The minimum atomic E-state index is -0.641. The molecular weight excluding hydrogens is 222 g/mol. The second-order valence-electron chi connectivity index (χ2n) is 2.57. The highest BCUT2D eigenvalue weighted by Crippen LogP contribution is 2.11. The van der Waals surface area contributed by atoms with E-state index in [-0.39, 0.29) is 17.0 Å². The summed E-state index contributed by atoms with van der Waals surface area (Å²) < 4.78 is 8.89. The molecule has 0 amide bonds. The van der Waals surface area contributed by atoms with Crippen LogP contribution in [-0.2, 0) is 20.7 Å². The number of ether oxygens (including phenoxy) is 2. The van der Waals surface area contributed by atoms with Crippen LogP contribution in [-0.4, -0.2) is 31.1 Å². The summed E-state index contributed by atoms with van der Waals surface area (Å²) in [6, 6.07) is 0. The number of carbonyl (C=O) groups excluding carboxylic acids is 2. The number of carbonyl (C=O) groups is 2. The van der Waals surface area contributed by atoms with E-state index in [1.807, 2.05) is 0 Å². The van der Waals surface area contributed by atoms with Gasteiger partial charge in [-0.1, -0.05) is 11.3 Å². The van der Waals surface area contributed by atoms with E-state index in [1.54, 1.807) is 0 Å². The Morgan fingerprint density at radius 2 is 2.00 bits per heavy atom. The second kappa shape index (κ2) is 4.74. The van der Waals surface area contributed by atoms with Crippen molar-refractivity contribution in [2.75, 3.05) is 14.2 Å². The first-order chi connectivity index (χ1) is 7.08. The average Bonchev–Trinajstić information content (AvgIpc) is 2.58. The summed E-state index contributed by atoms with van der Waals surface area (Å²) >= 11 is 0.706. The standard InChI is InChI=1S/C8H9NO5S/c1-13-5(10)3-4-6(7(11)14-2)15-8(12)9-4/h3H2,1-2H3,(H,9,12). The van der Waals surface area contributed by atoms with Crippen LogP contribution in [0.25, 0.3) is 0 Å². The Morgan fingerprint density at radius 3 is 2.53 bits per heavy atom. The largest absolute Gasteiger partial charge is 0.469 e. The van der Waals surface area contributed by atoms with E-state index in [0.717, 1.165) is 0 Å². The van der Waals surface area contributed by atoms with Gasteiger partial charge in [0.15, 0.2) is 0 Å². The third-order valence-electron chi connectivity index (χ3n) is 1.64. The zero-order valence-corrected chi connectivity index (χ0v) is 8.97. The molecule has 0 atom stereocenters. The van der Waals surface area contributed by atoms with E-state index in [2.05, 4.69) is 14.5 Å². The molecule has 0 unspecified atom stereocenters. The number of esters is 2. The van der Waals surface area contributed by atoms with Crippen molar-refractivity contribution in [1.29, 1.82) is 0 Å². The molecule has 0 fully saturated rings. The van der Waals surface area contributed by atoms with Crippen molar-refractivity contribution in [2.24, 2.45) is 0 Å². The molecule has 7 heteroatoms. The monoisotopic (exact) mass is 231 g/mol. The molecule has 0 aliphatic heterocycles. The van der Waals surface area contributed by atoms with Crippen molar-refractivity contribution in [2.45, 2.75) is 6.42 Å². The molecule has 6 nitrogen and oxygen atoms in total. The summed E-state index contributed by atoms with van der Waals surface area (Å²) in [5, 5.41) is 0. The lowest BCUT2D eigenvalue weighted by Crippen LogP contribution is -2.10. The third-order valence-corrected chi connectivity index (χ3v) is 2.55. The fourth-order valence-corrected chi connectivity index (χ4v) is 1.73. The number of nitrogens with one attached hydrogen (secondary N) is 1. The Balaban J connectivity index is 3.01. The van der Waals surface area contributed by atoms with E-state index in [4.69, 9.17) is 0 Å². The number of hydrogen-bond acceptors (Lipinski definition) is 6. The van der Waals surface area contributed by atoms with Gasteiger partial charge in [0.25, 0.3) is 0 Å². The van der Waals surface area contributed by atoms with Gasteiger partial charge < -0.3 is 14.5 Å². The number of thiazole rings is 1. The Labute approximate surface area is 88.8 Å². The van der Waals surface area contributed by atoms with Crippen molar-refractivity contribution in [1.82, 2.24) is 4.98 Å². The molecule has 0 saturated heterocycles. The Morgan fingerprint density at radius 1 is 1.33 bits per heavy atom. The maximum absolute atomic E-state index is 11.2. The van der Waals surface area contributed by atoms with Gasteiger partial charge in [0.05, 0.1) is 26.3 Å². The molecular formula is C8H9NO5S. The molecule has 0 spiro atoms. The number of aromatic amines is 1. The molecule has 1 N–H and O–H groups in total. The predicted octanol–water partition coefficient (Wildman–Crippen LogP) is -0.0615. The Bertz CT molecular complexity index is 432. The van der Waals surface area contributed by atoms with E-state index in [0.29, 0.717) is 11.3 Å². The summed E-state index contributed by atoms with van der Waals surface area (Å²) in [5.41, 5.74) is 0.226. The van der Waals surface area contributed by atoms with Gasteiger partial charge in [0.1, 0.15) is 4.88 Å². The molecule has 82 valence electrons. The van der Waals surface area contributed by atoms with Crippen LogP contribution >= 0.6 is 11.3 Å². The first-order valence-corrected chi connectivity index (χ1v) is 4.77. The number of aromatic nitrogens is 1. The smallest absolute Gasteiger partial charge is 0.350 e. The van der Waals surface area contributed by atoms with Crippen LogP contribution in [0.3, 0.4) is 0 Å². The van der Waals surface area contributed by atoms with Crippen LogP contribution in [0.1, 0.15) is 15.4 Å². The molecule has 1 aromatic rings. The Kier molecular flexibility index (Phi) is 3.62. The first kappa shape index (κ1) is 11.4. The molecule has 0 radical (unpaired) electrons. The molecule has 1 aromatic heterocycles. The zero-order chi connectivity index (χ0) is 11.4. The van der Waals surface area contributed by atoms with E-state index in [1.165, 1.54) is 14.2 Å². The minimum absolute atomic E-state index is 0.105. The topological polar surface area (TPSA) is 85.5 Å². The predicted molar refractivity (Wildman–Crippen MR) is 52.0 cm³/mol. The fourth-order valence-electron chi connectivity index (χ4n) is 0.958. The van der Waals surface area contributed by atoms with Crippen molar-refractivity contribution in [3.63, 3.8) is 0 Å². The van der Waals surface area contributed by atoms with E-state index < -0.39 is 16.8 Å². The van der Waals surface area contributed by atoms with Gasteiger partial charge in [0, 0.05) is 0 Å². The van der Waals surface area contributed by atoms with Crippen LogP contribution in [0.15, 0.2) is 4.79 Å². The zero-order valence-electron chi connectivity index (χ0n) is 8.16. The summed E-state index contributed by atoms with van der Waals surface area (Å²) in [6.07, 6.45) is -0.153. The van der Waals surface area contributed by atoms with Gasteiger partial charge in [-0.05, 0) is 0 Å². The van der Waals surface area contributed by atoms with Crippen LogP contribution < -0.4 is 4.87 Å². The number of hydrogen-bond donors (Lipinski definition) is 1. The molecule has 15 heavy (non-hydrogen) atoms. The van der Waals surface area contributed by atoms with Crippen molar-refractivity contribution in [3.05, 3.63) is 20.2 Å². The van der Waals surface area contributed by atoms with Crippen molar-refractivity contribution < 1.29 is 19.1 Å². The average molecular weight is 231 g/mol. The minimum Gasteiger partial charge on any atom is -0.469 e. The summed E-state index contributed by atoms with van der Waals surface area (Å²) in [6.45, 7) is 0. The summed E-state index contributed by atoms with van der Waals surface area (Å²) in [4.78, 5) is 35.2. The SMILES string of the molecule is COC(=O)Cc1[nH]c(=O)sc1C(=O)OC. The molecule has 0 saturated carbocycles. The molecule has 0 aliphatic rings. The van der Waals surface area contributed by atoms with Crippen molar-refractivity contribution >= 4 is 23.3 Å². The maximum Gasteiger partial charge on any atom is 0.350 e. The molecule has 0 bridgehead atoms. The lowest BCUT2D eigenvalue weighted by molar-refractivity contribution is -0.139.